The zero-order valence-electron chi connectivity index (χ0n) is 12.0. The molecule has 0 aromatic heterocycles. The maximum atomic E-state index is 12.7. The first-order valence-corrected chi connectivity index (χ1v) is 7.55. The Balaban J connectivity index is 2.20. The fraction of sp³-hybridized carbons (Fsp3) is 0.562. The summed E-state index contributed by atoms with van der Waals surface area (Å²) in [6.45, 7) is 0.439. The van der Waals surface area contributed by atoms with E-state index in [4.69, 9.17) is 22.1 Å². The van der Waals surface area contributed by atoms with Gasteiger partial charge in [0.2, 0.25) is 0 Å². The number of carbonyl (C=O) groups excluding carboxylic acids is 1. The Hall–Kier alpha value is -1.06. The van der Waals surface area contributed by atoms with Crippen LogP contribution in [0, 0.1) is 5.41 Å². The third-order valence-corrected chi connectivity index (χ3v) is 4.62. The van der Waals surface area contributed by atoms with Gasteiger partial charge in [0.25, 0.3) is 0 Å². The van der Waals surface area contributed by atoms with Crippen molar-refractivity contribution in [2.75, 3.05) is 13.7 Å². The number of ether oxygens (including phenoxy) is 1. The number of benzene rings is 1. The predicted octanol–water partition coefficient (Wildman–Crippen LogP) is 3.37. The van der Waals surface area contributed by atoms with E-state index in [0.29, 0.717) is 23.7 Å². The van der Waals surface area contributed by atoms with Gasteiger partial charge in [-0.05, 0) is 31.0 Å². The lowest BCUT2D eigenvalue weighted by atomic mass is 9.70. The molecular formula is C16H22ClNO2. The molecule has 0 spiro atoms. The normalized spacial score (nSPS) is 17.8. The van der Waals surface area contributed by atoms with Gasteiger partial charge in [-0.15, -0.1) is 0 Å². The van der Waals surface area contributed by atoms with Gasteiger partial charge in [0.1, 0.15) is 11.5 Å². The van der Waals surface area contributed by atoms with E-state index in [1.807, 2.05) is 6.07 Å². The molecule has 2 rings (SSSR count). The van der Waals surface area contributed by atoms with E-state index in [0.717, 1.165) is 31.2 Å². The van der Waals surface area contributed by atoms with E-state index < -0.39 is 0 Å². The molecule has 2 N–H and O–H groups in total. The highest BCUT2D eigenvalue weighted by atomic mass is 35.5. The molecular weight excluding hydrogens is 274 g/mol. The molecule has 4 heteroatoms. The molecule has 20 heavy (non-hydrogen) atoms. The van der Waals surface area contributed by atoms with Crippen LogP contribution >= 0.6 is 11.6 Å². The van der Waals surface area contributed by atoms with Gasteiger partial charge in [0.05, 0.1) is 7.11 Å². The number of hydrogen-bond donors (Lipinski definition) is 1. The second-order valence-electron chi connectivity index (χ2n) is 5.60. The van der Waals surface area contributed by atoms with E-state index in [-0.39, 0.29) is 11.2 Å². The van der Waals surface area contributed by atoms with Gasteiger partial charge in [-0.25, -0.2) is 0 Å². The third kappa shape index (κ3) is 3.15. The van der Waals surface area contributed by atoms with Gasteiger partial charge >= 0.3 is 0 Å². The molecule has 0 saturated heterocycles. The van der Waals surface area contributed by atoms with E-state index in [9.17, 15) is 4.79 Å². The van der Waals surface area contributed by atoms with Crippen LogP contribution in [0.4, 0.5) is 0 Å². The van der Waals surface area contributed by atoms with Crippen LogP contribution in [0.1, 0.15) is 37.7 Å². The molecule has 0 heterocycles. The van der Waals surface area contributed by atoms with Crippen molar-refractivity contribution in [1.29, 1.82) is 0 Å². The van der Waals surface area contributed by atoms with Crippen molar-refractivity contribution in [1.82, 2.24) is 0 Å². The number of methoxy groups -OCH3 is 1. The molecule has 0 radical (unpaired) electrons. The molecule has 110 valence electrons. The van der Waals surface area contributed by atoms with Crippen LogP contribution in [0.15, 0.2) is 18.2 Å². The number of halogens is 1. The molecule has 0 atom stereocenters. The number of rotatable bonds is 5. The van der Waals surface area contributed by atoms with Gasteiger partial charge in [-0.1, -0.05) is 30.9 Å². The molecule has 0 bridgehead atoms. The highest BCUT2D eigenvalue weighted by Crippen LogP contribution is 2.38. The molecule has 1 aliphatic rings. The van der Waals surface area contributed by atoms with Crippen LogP contribution in [-0.2, 0) is 11.2 Å². The molecule has 1 aromatic rings. The Kier molecular flexibility index (Phi) is 5.06. The Morgan fingerprint density at radius 1 is 1.35 bits per heavy atom. The Morgan fingerprint density at radius 3 is 2.65 bits per heavy atom. The van der Waals surface area contributed by atoms with Crippen LogP contribution in [0.5, 0.6) is 5.75 Å². The van der Waals surface area contributed by atoms with Crippen molar-refractivity contribution in [3.63, 3.8) is 0 Å². The second kappa shape index (κ2) is 6.59. The maximum Gasteiger partial charge on any atom is 0.144 e. The lowest BCUT2D eigenvalue weighted by Gasteiger charge is -2.34. The zero-order valence-corrected chi connectivity index (χ0v) is 12.7. The summed E-state index contributed by atoms with van der Waals surface area (Å²) in [5, 5.41) is 0.624. The number of Topliss-reactive ketones (excluding diaryl/α,β-unsaturated/α-hetero) is 1. The number of hydrogen-bond acceptors (Lipinski definition) is 3. The quantitative estimate of drug-likeness (QED) is 0.906. The smallest absolute Gasteiger partial charge is 0.144 e. The molecule has 0 amide bonds. The summed E-state index contributed by atoms with van der Waals surface area (Å²) in [7, 11) is 1.61. The summed E-state index contributed by atoms with van der Waals surface area (Å²) in [5.41, 5.74) is 6.42. The summed E-state index contributed by atoms with van der Waals surface area (Å²) in [6.07, 6.45) is 5.55. The Morgan fingerprint density at radius 2 is 2.05 bits per heavy atom. The molecule has 1 aromatic carbocycles. The molecule has 1 fully saturated rings. The predicted molar refractivity (Wildman–Crippen MR) is 81.3 cm³/mol. The standard InChI is InChI=1S/C16H22ClNO2/c1-20-14-6-5-13(17)9-12(14)10-15(19)16(11-18)7-3-2-4-8-16/h5-6,9H,2-4,7-8,10-11,18H2,1H3. The van der Waals surface area contributed by atoms with E-state index in [2.05, 4.69) is 0 Å². The van der Waals surface area contributed by atoms with Crippen molar-refractivity contribution in [3.8, 4) is 5.75 Å². The van der Waals surface area contributed by atoms with Gasteiger partial charge in [-0.2, -0.15) is 0 Å². The minimum absolute atomic E-state index is 0.222. The van der Waals surface area contributed by atoms with Crippen LogP contribution in [0.25, 0.3) is 0 Å². The average molecular weight is 296 g/mol. The third-order valence-electron chi connectivity index (χ3n) is 4.39. The summed E-state index contributed by atoms with van der Waals surface area (Å²) in [4.78, 5) is 12.7. The zero-order chi connectivity index (χ0) is 14.6. The van der Waals surface area contributed by atoms with E-state index >= 15 is 0 Å². The summed E-state index contributed by atoms with van der Waals surface area (Å²) in [6, 6.07) is 5.39. The van der Waals surface area contributed by atoms with Crippen molar-refractivity contribution in [3.05, 3.63) is 28.8 Å². The molecule has 3 nitrogen and oxygen atoms in total. The van der Waals surface area contributed by atoms with E-state index in [1.165, 1.54) is 6.42 Å². The van der Waals surface area contributed by atoms with Gasteiger partial charge < -0.3 is 10.5 Å². The Bertz CT molecular complexity index is 481. The lowest BCUT2D eigenvalue weighted by molar-refractivity contribution is -0.129. The minimum atomic E-state index is -0.342. The topological polar surface area (TPSA) is 52.3 Å². The lowest BCUT2D eigenvalue weighted by Crippen LogP contribution is -2.41. The Labute approximate surface area is 125 Å². The second-order valence-corrected chi connectivity index (χ2v) is 6.04. The number of nitrogens with two attached hydrogens (primary N) is 1. The fourth-order valence-electron chi connectivity index (χ4n) is 3.07. The van der Waals surface area contributed by atoms with Crippen molar-refractivity contribution < 1.29 is 9.53 Å². The minimum Gasteiger partial charge on any atom is -0.496 e. The van der Waals surface area contributed by atoms with E-state index in [1.54, 1.807) is 19.2 Å². The first kappa shape index (κ1) is 15.3. The highest BCUT2D eigenvalue weighted by molar-refractivity contribution is 6.30. The van der Waals surface area contributed by atoms with Crippen molar-refractivity contribution in [2.45, 2.75) is 38.5 Å². The van der Waals surface area contributed by atoms with Crippen molar-refractivity contribution >= 4 is 17.4 Å². The van der Waals surface area contributed by atoms with Crippen LogP contribution in [-0.4, -0.2) is 19.4 Å². The molecule has 1 aliphatic carbocycles. The highest BCUT2D eigenvalue weighted by Gasteiger charge is 2.37. The molecule has 0 unspecified atom stereocenters. The number of carbonyl (C=O) groups is 1. The monoisotopic (exact) mass is 295 g/mol. The first-order chi connectivity index (χ1) is 9.61. The van der Waals surface area contributed by atoms with Crippen LogP contribution in [0.2, 0.25) is 5.02 Å². The summed E-state index contributed by atoms with van der Waals surface area (Å²) >= 11 is 6.02. The largest absolute Gasteiger partial charge is 0.496 e. The SMILES string of the molecule is COc1ccc(Cl)cc1CC(=O)C1(CN)CCCCC1. The van der Waals surface area contributed by atoms with Crippen molar-refractivity contribution in [2.24, 2.45) is 11.1 Å². The first-order valence-electron chi connectivity index (χ1n) is 7.17. The maximum absolute atomic E-state index is 12.7. The van der Waals surface area contributed by atoms with Crippen LogP contribution in [0.3, 0.4) is 0 Å². The fourth-order valence-corrected chi connectivity index (χ4v) is 3.27. The van der Waals surface area contributed by atoms with Gasteiger partial charge in [-0.3, -0.25) is 4.79 Å². The average Bonchev–Trinajstić information content (AvgIpc) is 2.48. The van der Waals surface area contributed by atoms with Crippen LogP contribution < -0.4 is 10.5 Å². The molecule has 0 aliphatic heterocycles. The number of ketones is 1. The summed E-state index contributed by atoms with van der Waals surface area (Å²) in [5.74, 6) is 0.936. The summed E-state index contributed by atoms with van der Waals surface area (Å²) < 4.78 is 5.31. The van der Waals surface area contributed by atoms with Gasteiger partial charge in [0.15, 0.2) is 0 Å². The molecule has 1 saturated carbocycles. The van der Waals surface area contributed by atoms with Gasteiger partial charge in [0, 0.05) is 29.0 Å².